The van der Waals surface area contributed by atoms with Crippen LogP contribution in [0.1, 0.15) is 49.5 Å². The number of ketones is 1. The number of aromatic nitrogens is 6. The van der Waals surface area contributed by atoms with Gasteiger partial charge in [0.25, 0.3) is 0 Å². The molecule has 11 nitrogen and oxygen atoms in total. The van der Waals surface area contributed by atoms with E-state index in [-0.39, 0.29) is 5.78 Å². The number of carbonyl (C=O) groups is 1. The first-order valence-corrected chi connectivity index (χ1v) is 12.8. The zero-order valence-electron chi connectivity index (χ0n) is 22.0. The van der Waals surface area contributed by atoms with Gasteiger partial charge in [0.05, 0.1) is 41.8 Å². The van der Waals surface area contributed by atoms with Gasteiger partial charge >= 0.3 is 0 Å². The lowest BCUT2D eigenvalue weighted by atomic mass is 9.89. The summed E-state index contributed by atoms with van der Waals surface area (Å²) >= 11 is 0. The third-order valence-corrected chi connectivity index (χ3v) is 6.57. The summed E-state index contributed by atoms with van der Waals surface area (Å²) in [5.74, 6) is 2.34. The lowest BCUT2D eigenvalue weighted by Crippen LogP contribution is -2.33. The van der Waals surface area contributed by atoms with Crippen LogP contribution in [-0.2, 0) is 11.8 Å². The number of rotatable bonds is 11. The van der Waals surface area contributed by atoms with Gasteiger partial charge in [0.2, 0.25) is 0 Å². The number of aryl methyl sites for hydroxylation is 1. The van der Waals surface area contributed by atoms with Crippen molar-refractivity contribution in [3.63, 3.8) is 0 Å². The third-order valence-electron chi connectivity index (χ3n) is 6.57. The molecule has 2 N–H and O–H groups in total. The molecule has 0 bridgehead atoms. The number of carbonyl (C=O) groups excluding carboxylic acids is 1. The number of Topliss-reactive ketones (excluding diaryl/α,β-unsaturated/α-hetero) is 1. The van der Waals surface area contributed by atoms with E-state index in [0.717, 1.165) is 25.0 Å². The number of nitrogens with one attached hydrogen (secondary N) is 2. The Kier molecular flexibility index (Phi) is 7.36. The fraction of sp³-hybridized carbons (Fsp3) is 0.370. The van der Waals surface area contributed by atoms with Gasteiger partial charge in [-0.05, 0) is 31.9 Å². The number of hydrogen-bond acceptors (Lipinski definition) is 9. The first-order valence-electron chi connectivity index (χ1n) is 12.8. The van der Waals surface area contributed by atoms with Crippen LogP contribution >= 0.6 is 0 Å². The summed E-state index contributed by atoms with van der Waals surface area (Å²) in [6.45, 7) is 4.58. The zero-order chi connectivity index (χ0) is 26.6. The summed E-state index contributed by atoms with van der Waals surface area (Å²) in [7, 11) is 3.41. The van der Waals surface area contributed by atoms with Crippen LogP contribution in [0.5, 0.6) is 5.75 Å². The Labute approximate surface area is 221 Å². The maximum absolute atomic E-state index is 12.8. The first-order chi connectivity index (χ1) is 18.5. The zero-order valence-corrected chi connectivity index (χ0v) is 22.0. The molecule has 0 spiro atoms. The Morgan fingerprint density at radius 3 is 2.63 bits per heavy atom. The quantitative estimate of drug-likeness (QED) is 0.268. The van der Waals surface area contributed by atoms with E-state index in [1.165, 1.54) is 0 Å². The van der Waals surface area contributed by atoms with Gasteiger partial charge in [-0.25, -0.2) is 9.97 Å². The van der Waals surface area contributed by atoms with Crippen molar-refractivity contribution >= 4 is 28.8 Å². The van der Waals surface area contributed by atoms with Crippen LogP contribution in [0.25, 0.3) is 11.4 Å². The average Bonchev–Trinajstić information content (AvgIpc) is 3.54. The molecular weight excluding hydrogens is 484 g/mol. The number of ether oxygens (including phenoxy) is 2. The minimum atomic E-state index is -0.0221. The summed E-state index contributed by atoms with van der Waals surface area (Å²) in [4.78, 5) is 21.6. The molecule has 0 amide bonds. The molecular formula is C27H32N8O3. The summed E-state index contributed by atoms with van der Waals surface area (Å²) in [6, 6.07) is 9.73. The summed E-state index contributed by atoms with van der Waals surface area (Å²) < 4.78 is 15.0. The highest BCUT2D eigenvalue weighted by Gasteiger charge is 2.31. The average molecular weight is 517 g/mol. The molecule has 1 saturated carbocycles. The van der Waals surface area contributed by atoms with E-state index in [1.807, 2.05) is 62.1 Å². The van der Waals surface area contributed by atoms with Gasteiger partial charge in [0.15, 0.2) is 23.2 Å². The maximum atomic E-state index is 12.8. The molecule has 0 unspecified atom stereocenters. The lowest BCUT2D eigenvalue weighted by Gasteiger charge is -2.34. The number of nitrogens with zero attached hydrogens (tertiary/aromatic N) is 6. The van der Waals surface area contributed by atoms with Gasteiger partial charge in [-0.3, -0.25) is 14.2 Å². The first kappa shape index (κ1) is 25.4. The Balaban J connectivity index is 1.40. The van der Waals surface area contributed by atoms with Crippen LogP contribution < -0.4 is 15.4 Å². The molecule has 3 aromatic heterocycles. The largest absolute Gasteiger partial charge is 0.494 e. The Morgan fingerprint density at radius 2 is 1.92 bits per heavy atom. The normalized spacial score (nSPS) is 16.6. The van der Waals surface area contributed by atoms with E-state index >= 15 is 0 Å². The SMILES string of the molecule is CCO[C@H]1C[C@@H](n2ccc(Nc3cc(Nc4cccc(-c5ncn(C)n5)c4OC)c(C(=O)CC)cn3)n2)C1. The molecule has 5 rings (SSSR count). The predicted octanol–water partition coefficient (Wildman–Crippen LogP) is 4.90. The van der Waals surface area contributed by atoms with Crippen LogP contribution in [0, 0.1) is 0 Å². The molecule has 4 aromatic rings. The van der Waals surface area contributed by atoms with Crippen molar-refractivity contribution in [3.8, 4) is 17.1 Å². The Morgan fingerprint density at radius 1 is 1.08 bits per heavy atom. The van der Waals surface area contributed by atoms with Gasteiger partial charge in [-0.1, -0.05) is 13.0 Å². The molecule has 38 heavy (non-hydrogen) atoms. The monoisotopic (exact) mass is 516 g/mol. The van der Waals surface area contributed by atoms with Gasteiger partial charge in [-0.15, -0.1) is 0 Å². The summed E-state index contributed by atoms with van der Waals surface area (Å²) in [5, 5.41) is 15.7. The third kappa shape index (κ3) is 5.23. The molecule has 198 valence electrons. The predicted molar refractivity (Wildman–Crippen MR) is 144 cm³/mol. The van der Waals surface area contributed by atoms with Crippen LogP contribution in [0.4, 0.5) is 23.0 Å². The molecule has 1 aliphatic carbocycles. The number of para-hydroxylation sites is 1. The Hall–Kier alpha value is -4.25. The van der Waals surface area contributed by atoms with E-state index in [0.29, 0.717) is 58.7 Å². The van der Waals surface area contributed by atoms with Gasteiger partial charge < -0.3 is 20.1 Å². The van der Waals surface area contributed by atoms with Crippen molar-refractivity contribution in [1.29, 1.82) is 0 Å². The van der Waals surface area contributed by atoms with E-state index in [2.05, 4.69) is 30.8 Å². The van der Waals surface area contributed by atoms with Gasteiger partial charge in [-0.2, -0.15) is 10.2 Å². The minimum Gasteiger partial charge on any atom is -0.494 e. The van der Waals surface area contributed by atoms with Crippen LogP contribution in [0.15, 0.2) is 49.1 Å². The number of anilines is 4. The van der Waals surface area contributed by atoms with Crippen molar-refractivity contribution in [3.05, 3.63) is 54.6 Å². The number of benzene rings is 1. The molecule has 1 fully saturated rings. The molecule has 0 atom stereocenters. The fourth-order valence-corrected chi connectivity index (χ4v) is 4.54. The second kappa shape index (κ2) is 11.0. The van der Waals surface area contributed by atoms with Crippen molar-refractivity contribution in [2.45, 2.75) is 45.3 Å². The standard InChI is InChI=1S/C27H32N8O3/c1-5-23(36)20-15-28-25(31-24-10-11-35(32-24)17-12-18(13-17)38-6-2)14-22(20)30-21-9-7-8-19(26(21)37-4)27-29-16-34(3)33-27/h7-11,14-18H,5-6,12-13H2,1-4H3,(H2,28,30,31,32)/t17-,18+. The maximum Gasteiger partial charge on any atom is 0.184 e. The van der Waals surface area contributed by atoms with E-state index in [9.17, 15) is 4.79 Å². The van der Waals surface area contributed by atoms with E-state index < -0.39 is 0 Å². The molecule has 0 saturated heterocycles. The number of pyridine rings is 1. The fourth-order valence-electron chi connectivity index (χ4n) is 4.54. The molecule has 1 aromatic carbocycles. The summed E-state index contributed by atoms with van der Waals surface area (Å²) in [5.41, 5.74) is 2.51. The highest BCUT2D eigenvalue weighted by atomic mass is 16.5. The second-order valence-corrected chi connectivity index (χ2v) is 9.15. The van der Waals surface area contributed by atoms with Crippen molar-refractivity contribution in [2.75, 3.05) is 24.4 Å². The van der Waals surface area contributed by atoms with Crippen LogP contribution in [0.3, 0.4) is 0 Å². The second-order valence-electron chi connectivity index (χ2n) is 9.15. The van der Waals surface area contributed by atoms with Crippen molar-refractivity contribution < 1.29 is 14.3 Å². The molecule has 0 radical (unpaired) electrons. The molecule has 3 heterocycles. The molecule has 1 aliphatic rings. The van der Waals surface area contributed by atoms with Gasteiger partial charge in [0, 0.05) is 44.6 Å². The summed E-state index contributed by atoms with van der Waals surface area (Å²) in [6.07, 6.45) is 7.78. The van der Waals surface area contributed by atoms with Crippen LogP contribution in [-0.4, -0.2) is 55.1 Å². The smallest absolute Gasteiger partial charge is 0.184 e. The molecule has 0 aliphatic heterocycles. The lowest BCUT2D eigenvalue weighted by molar-refractivity contribution is -0.0226. The van der Waals surface area contributed by atoms with E-state index in [1.54, 1.807) is 24.3 Å². The van der Waals surface area contributed by atoms with Crippen LogP contribution in [0.2, 0.25) is 0 Å². The van der Waals surface area contributed by atoms with Crippen molar-refractivity contribution in [1.82, 2.24) is 29.5 Å². The highest BCUT2D eigenvalue weighted by Crippen LogP contribution is 2.38. The molecule has 11 heteroatoms. The topological polar surface area (TPSA) is 121 Å². The number of methoxy groups -OCH3 is 1. The van der Waals surface area contributed by atoms with E-state index in [4.69, 9.17) is 9.47 Å². The van der Waals surface area contributed by atoms with Crippen molar-refractivity contribution in [2.24, 2.45) is 7.05 Å². The highest BCUT2D eigenvalue weighted by molar-refractivity contribution is 6.02. The Bertz CT molecular complexity index is 1420. The number of hydrogen-bond donors (Lipinski definition) is 2. The van der Waals surface area contributed by atoms with Gasteiger partial charge in [0.1, 0.15) is 12.1 Å². The minimum absolute atomic E-state index is 0.0221.